The molecular weight excluding hydrogens is 616 g/mol. The second-order valence-electron chi connectivity index (χ2n) is 9.18. The first-order valence-electron chi connectivity index (χ1n) is 12.3. The van der Waals surface area contributed by atoms with Crippen molar-refractivity contribution in [2.45, 2.75) is 20.5 Å². The predicted molar refractivity (Wildman–Crippen MR) is 164 cm³/mol. The molecule has 5 aromatic rings. The maximum absolute atomic E-state index is 10.2. The highest BCUT2D eigenvalue weighted by Crippen LogP contribution is 2.43. The molecule has 4 nitrogen and oxygen atoms in total. The summed E-state index contributed by atoms with van der Waals surface area (Å²) in [6.07, 6.45) is 1.69. The van der Waals surface area contributed by atoms with E-state index in [0.29, 0.717) is 23.7 Å². The van der Waals surface area contributed by atoms with E-state index in [4.69, 9.17) is 9.15 Å². The smallest absolute Gasteiger partial charge is 0.238 e. The summed E-state index contributed by atoms with van der Waals surface area (Å²) in [6, 6.07) is 32.3. The number of aryl methyl sites for hydroxylation is 2. The number of benzene rings is 4. The Balaban J connectivity index is 1.50. The summed E-state index contributed by atoms with van der Waals surface area (Å²) >= 11 is 7.24. The first-order chi connectivity index (χ1) is 18.9. The molecule has 0 N–H and O–H groups in total. The molecule has 0 bridgehead atoms. The fraction of sp³-hybridized carbons (Fsp3) is 0.0909. The van der Waals surface area contributed by atoms with Crippen LogP contribution in [-0.4, -0.2) is 6.21 Å². The second-order valence-corrected chi connectivity index (χ2v) is 10.9. The monoisotopic (exact) mass is 638 g/mol. The van der Waals surface area contributed by atoms with Gasteiger partial charge in [-0.1, -0.05) is 90.0 Å². The third-order valence-corrected chi connectivity index (χ3v) is 7.41. The van der Waals surface area contributed by atoms with Crippen LogP contribution < -0.4 is 4.74 Å². The molecule has 0 spiro atoms. The molecule has 0 saturated heterocycles. The van der Waals surface area contributed by atoms with E-state index >= 15 is 0 Å². The lowest BCUT2D eigenvalue weighted by Crippen LogP contribution is -1.97. The van der Waals surface area contributed by atoms with Crippen molar-refractivity contribution in [3.63, 3.8) is 0 Å². The van der Waals surface area contributed by atoms with Crippen molar-refractivity contribution in [2.75, 3.05) is 0 Å². The van der Waals surface area contributed by atoms with E-state index in [0.717, 1.165) is 47.9 Å². The first kappa shape index (κ1) is 26.7. The van der Waals surface area contributed by atoms with Crippen LogP contribution in [0, 0.1) is 25.2 Å². The molecule has 6 heteroatoms. The number of ether oxygens (including phenoxy) is 1. The Morgan fingerprint density at radius 3 is 2.03 bits per heavy atom. The van der Waals surface area contributed by atoms with Crippen LogP contribution >= 0.6 is 31.9 Å². The molecule has 0 atom stereocenters. The summed E-state index contributed by atoms with van der Waals surface area (Å²) in [5.74, 6) is 1.59. The molecule has 192 valence electrons. The zero-order chi connectivity index (χ0) is 27.4. The van der Waals surface area contributed by atoms with E-state index in [1.54, 1.807) is 6.21 Å². The van der Waals surface area contributed by atoms with Gasteiger partial charge in [0, 0.05) is 17.3 Å². The summed E-state index contributed by atoms with van der Waals surface area (Å²) in [5.41, 5.74) is 7.11. The van der Waals surface area contributed by atoms with Crippen LogP contribution in [0.4, 0.5) is 5.88 Å². The Morgan fingerprint density at radius 2 is 1.44 bits per heavy atom. The minimum atomic E-state index is 0.264. The van der Waals surface area contributed by atoms with Gasteiger partial charge < -0.3 is 9.15 Å². The first-order valence-corrected chi connectivity index (χ1v) is 13.9. The molecule has 0 aliphatic heterocycles. The maximum atomic E-state index is 10.2. The van der Waals surface area contributed by atoms with Crippen LogP contribution in [0.3, 0.4) is 0 Å². The van der Waals surface area contributed by atoms with Gasteiger partial charge in [-0.25, -0.2) is 4.99 Å². The Morgan fingerprint density at radius 1 is 0.846 bits per heavy atom. The minimum absolute atomic E-state index is 0.264. The van der Waals surface area contributed by atoms with Crippen molar-refractivity contribution in [1.29, 1.82) is 5.26 Å². The largest absolute Gasteiger partial charge is 0.487 e. The number of hydrogen-bond donors (Lipinski definition) is 0. The van der Waals surface area contributed by atoms with Gasteiger partial charge in [0.1, 0.15) is 29.7 Å². The number of hydrogen-bond acceptors (Lipinski definition) is 4. The lowest BCUT2D eigenvalue weighted by atomic mass is 9.97. The molecule has 0 fully saturated rings. The van der Waals surface area contributed by atoms with E-state index in [1.807, 2.05) is 105 Å². The van der Waals surface area contributed by atoms with Crippen molar-refractivity contribution >= 4 is 44.0 Å². The van der Waals surface area contributed by atoms with Gasteiger partial charge in [0.05, 0.1) is 8.95 Å². The van der Waals surface area contributed by atoms with Gasteiger partial charge in [-0.15, -0.1) is 0 Å². The van der Waals surface area contributed by atoms with Gasteiger partial charge >= 0.3 is 0 Å². The highest BCUT2D eigenvalue weighted by molar-refractivity contribution is 9.11. The Bertz CT molecular complexity index is 1660. The van der Waals surface area contributed by atoms with Crippen molar-refractivity contribution in [3.8, 4) is 34.3 Å². The maximum Gasteiger partial charge on any atom is 0.238 e. The molecule has 0 radical (unpaired) electrons. The Hall–Kier alpha value is -3.92. The number of nitrogens with zero attached hydrogens (tertiary/aromatic N) is 2. The second kappa shape index (κ2) is 11.9. The standard InChI is InChI=1S/C33H24Br2N2O2/c1-21-8-12-25(13-9-21)30-27(18-36)33(39-31(30)26-14-10-22(2)11-15-26)37-19-24-16-28(34)32(29(35)17-24)38-20-23-6-4-3-5-7-23/h3-17,19H,20H2,1-2H3. The molecule has 0 amide bonds. The fourth-order valence-electron chi connectivity index (χ4n) is 4.17. The van der Waals surface area contributed by atoms with Crippen LogP contribution in [0.25, 0.3) is 22.5 Å². The van der Waals surface area contributed by atoms with E-state index in [1.165, 1.54) is 0 Å². The van der Waals surface area contributed by atoms with Crippen LogP contribution in [0.15, 0.2) is 109 Å². The van der Waals surface area contributed by atoms with E-state index < -0.39 is 0 Å². The van der Waals surface area contributed by atoms with Gasteiger partial charge in [-0.3, -0.25) is 0 Å². The average Bonchev–Trinajstić information content (AvgIpc) is 3.31. The van der Waals surface area contributed by atoms with Crippen molar-refractivity contribution < 1.29 is 9.15 Å². The number of aliphatic imine (C=N–C) groups is 1. The molecule has 4 aromatic carbocycles. The van der Waals surface area contributed by atoms with Crippen LogP contribution in [0.1, 0.15) is 27.8 Å². The highest BCUT2D eigenvalue weighted by Gasteiger charge is 2.23. The number of nitriles is 1. The Labute approximate surface area is 244 Å². The SMILES string of the molecule is Cc1ccc(-c2oc(N=Cc3cc(Br)c(OCc4ccccc4)c(Br)c3)c(C#N)c2-c2ccc(C)cc2)cc1. The van der Waals surface area contributed by atoms with Crippen molar-refractivity contribution in [2.24, 2.45) is 4.99 Å². The van der Waals surface area contributed by atoms with Crippen LogP contribution in [-0.2, 0) is 6.61 Å². The predicted octanol–water partition coefficient (Wildman–Crippen LogP) is 9.96. The van der Waals surface area contributed by atoms with Gasteiger partial charge in [-0.2, -0.15) is 5.26 Å². The van der Waals surface area contributed by atoms with Gasteiger partial charge in [0.25, 0.3) is 0 Å². The normalized spacial score (nSPS) is 11.1. The number of halogens is 2. The van der Waals surface area contributed by atoms with Gasteiger partial charge in [0.15, 0.2) is 0 Å². The zero-order valence-electron chi connectivity index (χ0n) is 21.4. The molecule has 1 aromatic heterocycles. The molecule has 0 aliphatic rings. The van der Waals surface area contributed by atoms with Crippen molar-refractivity contribution in [1.82, 2.24) is 0 Å². The molecule has 0 aliphatic carbocycles. The molecular formula is C33H24Br2N2O2. The lowest BCUT2D eigenvalue weighted by Gasteiger charge is -2.11. The lowest BCUT2D eigenvalue weighted by molar-refractivity contribution is 0.302. The van der Waals surface area contributed by atoms with E-state index in [9.17, 15) is 5.26 Å². The quantitative estimate of drug-likeness (QED) is 0.167. The Kier molecular flexibility index (Phi) is 8.11. The minimum Gasteiger partial charge on any atom is -0.487 e. The summed E-state index contributed by atoms with van der Waals surface area (Å²) in [7, 11) is 0. The number of rotatable bonds is 7. The highest BCUT2D eigenvalue weighted by atomic mass is 79.9. The average molecular weight is 640 g/mol. The van der Waals surface area contributed by atoms with E-state index in [-0.39, 0.29) is 5.88 Å². The third-order valence-electron chi connectivity index (χ3n) is 6.23. The topological polar surface area (TPSA) is 58.5 Å². The van der Waals surface area contributed by atoms with Crippen LogP contribution in [0.5, 0.6) is 5.75 Å². The summed E-state index contributed by atoms with van der Waals surface area (Å²) in [4.78, 5) is 4.62. The molecule has 1 heterocycles. The van der Waals surface area contributed by atoms with Gasteiger partial charge in [-0.05, 0) is 74.5 Å². The summed E-state index contributed by atoms with van der Waals surface area (Å²) < 4.78 is 13.9. The molecule has 5 rings (SSSR count). The summed E-state index contributed by atoms with van der Waals surface area (Å²) in [5, 5.41) is 10.2. The number of furan rings is 1. The molecule has 39 heavy (non-hydrogen) atoms. The van der Waals surface area contributed by atoms with Gasteiger partial charge in [0.2, 0.25) is 5.88 Å². The zero-order valence-corrected chi connectivity index (χ0v) is 24.6. The molecule has 0 saturated carbocycles. The molecule has 0 unspecified atom stereocenters. The van der Waals surface area contributed by atoms with Crippen molar-refractivity contribution in [3.05, 3.63) is 128 Å². The van der Waals surface area contributed by atoms with Crippen LogP contribution in [0.2, 0.25) is 0 Å². The third kappa shape index (κ3) is 6.06. The van der Waals surface area contributed by atoms with E-state index in [2.05, 4.69) is 42.9 Å². The summed E-state index contributed by atoms with van der Waals surface area (Å²) in [6.45, 7) is 4.53. The fourth-order valence-corrected chi connectivity index (χ4v) is 5.62.